The molecule has 2 aromatic carbocycles. The van der Waals surface area contributed by atoms with Crippen molar-refractivity contribution < 1.29 is 38.1 Å². The van der Waals surface area contributed by atoms with E-state index in [9.17, 15) is 19.2 Å². The third kappa shape index (κ3) is 7.02. The zero-order valence-electron chi connectivity index (χ0n) is 27.7. The van der Waals surface area contributed by atoms with Gasteiger partial charge in [-0.15, -0.1) is 45.3 Å². The van der Waals surface area contributed by atoms with Gasteiger partial charge in [0.1, 0.15) is 0 Å². The second-order valence-corrected chi connectivity index (χ2v) is 14.7. The number of esters is 4. The lowest BCUT2D eigenvalue weighted by Gasteiger charge is -2.14. The Morgan fingerprint density at radius 3 is 1.02 bits per heavy atom. The van der Waals surface area contributed by atoms with Crippen LogP contribution >= 0.6 is 45.3 Å². The fourth-order valence-electron chi connectivity index (χ4n) is 5.49. The van der Waals surface area contributed by atoms with E-state index in [4.69, 9.17) is 18.9 Å². The molecule has 12 heteroatoms. The van der Waals surface area contributed by atoms with E-state index in [-0.39, 0.29) is 26.4 Å². The van der Waals surface area contributed by atoms with Crippen molar-refractivity contribution in [1.29, 1.82) is 0 Å². The van der Waals surface area contributed by atoms with Crippen LogP contribution in [0.5, 0.6) is 0 Å². The minimum atomic E-state index is -0.496. The number of ether oxygens (including phenoxy) is 4. The molecule has 0 saturated carbocycles. The average Bonchev–Trinajstić information content (AvgIpc) is 3.93. The Morgan fingerprint density at radius 2 is 0.760 bits per heavy atom. The van der Waals surface area contributed by atoms with Crippen LogP contribution in [0.15, 0.2) is 71.4 Å². The van der Waals surface area contributed by atoms with Crippen molar-refractivity contribution in [2.45, 2.75) is 27.7 Å². The summed E-state index contributed by atoms with van der Waals surface area (Å²) in [5.74, 6) is -1.96. The van der Waals surface area contributed by atoms with E-state index >= 15 is 0 Å². The fraction of sp³-hybridized carbons (Fsp3) is 0.211. The van der Waals surface area contributed by atoms with Crippen molar-refractivity contribution in [3.8, 4) is 41.8 Å². The first-order valence-electron chi connectivity index (χ1n) is 15.9. The van der Waals surface area contributed by atoms with E-state index < -0.39 is 23.9 Å². The van der Waals surface area contributed by atoms with E-state index in [2.05, 4.69) is 0 Å². The number of rotatable bonds is 12. The molecule has 0 radical (unpaired) electrons. The average molecular weight is 745 g/mol. The molecule has 0 aliphatic carbocycles. The van der Waals surface area contributed by atoms with Crippen LogP contribution in [-0.2, 0) is 18.9 Å². The van der Waals surface area contributed by atoms with Gasteiger partial charge in [0, 0.05) is 51.2 Å². The molecule has 0 aliphatic heterocycles. The fourth-order valence-corrected chi connectivity index (χ4v) is 9.46. The van der Waals surface area contributed by atoms with Gasteiger partial charge in [0.2, 0.25) is 0 Å². The van der Waals surface area contributed by atoms with Gasteiger partial charge >= 0.3 is 23.9 Å². The molecule has 6 aromatic rings. The normalized spacial score (nSPS) is 11.0. The Kier molecular flexibility index (Phi) is 10.9. The molecule has 0 saturated heterocycles. The number of benzene rings is 2. The number of carbonyl (C=O) groups is 4. The highest BCUT2D eigenvalue weighted by Crippen LogP contribution is 2.46. The Labute approximate surface area is 304 Å². The van der Waals surface area contributed by atoms with Crippen LogP contribution in [0.2, 0.25) is 0 Å². The maximum Gasteiger partial charge on any atom is 0.338 e. The molecule has 0 amide bonds. The highest BCUT2D eigenvalue weighted by atomic mass is 32.1. The summed E-state index contributed by atoms with van der Waals surface area (Å²) in [5.41, 5.74) is 3.69. The van der Waals surface area contributed by atoms with Crippen LogP contribution in [0.1, 0.15) is 69.1 Å². The van der Waals surface area contributed by atoms with Crippen molar-refractivity contribution in [2.75, 3.05) is 26.4 Å². The molecule has 50 heavy (non-hydrogen) atoms. The molecular formula is C38H32O8S4. The van der Waals surface area contributed by atoms with Gasteiger partial charge in [-0.05, 0) is 87.0 Å². The summed E-state index contributed by atoms with van der Waals surface area (Å²) in [5, 5.41) is 3.82. The van der Waals surface area contributed by atoms with E-state index in [1.165, 1.54) is 45.3 Å². The molecule has 0 N–H and O–H groups in total. The van der Waals surface area contributed by atoms with E-state index in [1.54, 1.807) is 52.0 Å². The molecule has 256 valence electrons. The van der Waals surface area contributed by atoms with Crippen molar-refractivity contribution in [3.05, 3.63) is 93.7 Å². The van der Waals surface area contributed by atoms with E-state index in [1.807, 2.05) is 47.2 Å². The van der Waals surface area contributed by atoms with Crippen molar-refractivity contribution in [2.24, 2.45) is 0 Å². The van der Waals surface area contributed by atoms with Crippen LogP contribution in [0.25, 0.3) is 51.2 Å². The smallest absolute Gasteiger partial charge is 0.338 e. The molecule has 0 aliphatic rings. The molecule has 0 fully saturated rings. The second-order valence-electron chi connectivity index (χ2n) is 10.7. The minimum Gasteiger partial charge on any atom is -0.462 e. The lowest BCUT2D eigenvalue weighted by molar-refractivity contribution is 0.0513. The van der Waals surface area contributed by atoms with Gasteiger partial charge in [0.15, 0.2) is 0 Å². The summed E-state index contributed by atoms with van der Waals surface area (Å²) < 4.78 is 23.5. The lowest BCUT2D eigenvalue weighted by Crippen LogP contribution is -2.11. The molecule has 0 atom stereocenters. The standard InChI is InChI=1S/C38H32O8S4/c1-5-43-35(39)25-17-23(27(37(41)45-7-3)15-21(25)29-11-9-13-47-29)31-19-33-34(49-31)20-32(50-33)24-18-26(36(40)44-6-2)22(30-12-10-14-48-30)16-28(24)38(42)46-8-4/h9-20H,5-8H2,1-4H3. The minimum absolute atomic E-state index is 0.191. The van der Waals surface area contributed by atoms with Crippen LogP contribution in [0.4, 0.5) is 0 Å². The van der Waals surface area contributed by atoms with Gasteiger partial charge in [-0.2, -0.15) is 0 Å². The number of thiophene rings is 4. The number of hydrogen-bond donors (Lipinski definition) is 0. The first-order chi connectivity index (χ1) is 24.3. The molecule has 4 heterocycles. The zero-order chi connectivity index (χ0) is 35.4. The lowest BCUT2D eigenvalue weighted by atomic mass is 9.96. The van der Waals surface area contributed by atoms with Gasteiger partial charge in [0.05, 0.1) is 48.7 Å². The third-order valence-electron chi connectivity index (χ3n) is 7.61. The predicted molar refractivity (Wildman–Crippen MR) is 201 cm³/mol. The number of fused-ring (bicyclic) bond motifs is 1. The van der Waals surface area contributed by atoms with Gasteiger partial charge in [-0.25, -0.2) is 19.2 Å². The zero-order valence-corrected chi connectivity index (χ0v) is 30.9. The van der Waals surface area contributed by atoms with Gasteiger partial charge in [-0.3, -0.25) is 0 Å². The summed E-state index contributed by atoms with van der Waals surface area (Å²) in [4.78, 5) is 56.3. The summed E-state index contributed by atoms with van der Waals surface area (Å²) in [6.45, 7) is 7.79. The third-order valence-corrected chi connectivity index (χ3v) is 11.8. The van der Waals surface area contributed by atoms with Gasteiger partial charge in [0.25, 0.3) is 0 Å². The van der Waals surface area contributed by atoms with Crippen molar-refractivity contribution in [1.82, 2.24) is 0 Å². The van der Waals surface area contributed by atoms with Crippen LogP contribution in [-0.4, -0.2) is 50.3 Å². The molecule has 4 aromatic heterocycles. The molecule has 0 spiro atoms. The number of hydrogen-bond acceptors (Lipinski definition) is 12. The second kappa shape index (κ2) is 15.5. The van der Waals surface area contributed by atoms with E-state index in [0.29, 0.717) is 44.5 Å². The molecule has 0 bridgehead atoms. The van der Waals surface area contributed by atoms with Gasteiger partial charge < -0.3 is 18.9 Å². The summed E-state index contributed by atoms with van der Waals surface area (Å²) >= 11 is 5.81. The summed E-state index contributed by atoms with van der Waals surface area (Å²) in [6.07, 6.45) is 0. The monoisotopic (exact) mass is 744 g/mol. The Bertz CT molecular complexity index is 2010. The van der Waals surface area contributed by atoms with Crippen LogP contribution in [0, 0.1) is 0 Å². The Balaban J connectivity index is 1.51. The van der Waals surface area contributed by atoms with Crippen molar-refractivity contribution in [3.63, 3.8) is 0 Å². The van der Waals surface area contributed by atoms with Crippen LogP contribution in [0.3, 0.4) is 0 Å². The van der Waals surface area contributed by atoms with E-state index in [0.717, 1.165) is 28.9 Å². The van der Waals surface area contributed by atoms with Gasteiger partial charge in [-0.1, -0.05) is 12.1 Å². The molecular weight excluding hydrogens is 713 g/mol. The highest BCUT2D eigenvalue weighted by Gasteiger charge is 2.27. The first kappa shape index (κ1) is 35.2. The topological polar surface area (TPSA) is 105 Å². The van der Waals surface area contributed by atoms with Crippen molar-refractivity contribution >= 4 is 78.6 Å². The SMILES string of the molecule is CCOC(=O)c1cc(-c2cc3sc(-c4cc(C(=O)OCC)c(-c5cccs5)cc4C(=O)OCC)cc3s2)c(C(=O)OCC)cc1-c1cccs1. The molecule has 6 rings (SSSR count). The molecule has 0 unspecified atom stereocenters. The summed E-state index contributed by atoms with van der Waals surface area (Å²) in [7, 11) is 0. The highest BCUT2D eigenvalue weighted by molar-refractivity contribution is 7.31. The Morgan fingerprint density at radius 1 is 0.460 bits per heavy atom. The summed E-state index contributed by atoms with van der Waals surface area (Å²) in [6, 6.07) is 18.3. The maximum absolute atomic E-state index is 13.4. The Hall–Kier alpha value is -4.62. The largest absolute Gasteiger partial charge is 0.462 e. The quantitative estimate of drug-likeness (QED) is 0.0901. The predicted octanol–water partition coefficient (Wildman–Crippen LogP) is 10.5. The van der Waals surface area contributed by atoms with Crippen LogP contribution < -0.4 is 0 Å². The maximum atomic E-state index is 13.4. The number of carbonyl (C=O) groups excluding carboxylic acids is 4. The molecule has 8 nitrogen and oxygen atoms in total. The first-order valence-corrected chi connectivity index (χ1v) is 19.3.